The number of aryl methyl sites for hydroxylation is 1. The van der Waals surface area contributed by atoms with Crippen LogP contribution in [0.2, 0.25) is 0 Å². The van der Waals surface area contributed by atoms with Crippen LogP contribution >= 0.6 is 0 Å². The smallest absolute Gasteiger partial charge is 0.220 e. The summed E-state index contributed by atoms with van der Waals surface area (Å²) in [5, 5.41) is 2.98. The second-order valence-electron chi connectivity index (χ2n) is 7.25. The van der Waals surface area contributed by atoms with Gasteiger partial charge in [0, 0.05) is 37.5 Å². The van der Waals surface area contributed by atoms with Gasteiger partial charge in [-0.2, -0.15) is 0 Å². The highest BCUT2D eigenvalue weighted by Gasteiger charge is 2.17. The Morgan fingerprint density at radius 3 is 2.74 bits per heavy atom. The van der Waals surface area contributed by atoms with Crippen LogP contribution in [0.25, 0.3) is 11.3 Å². The van der Waals surface area contributed by atoms with E-state index < -0.39 is 0 Å². The molecule has 0 radical (unpaired) electrons. The number of halogens is 1. The summed E-state index contributed by atoms with van der Waals surface area (Å²) in [5.74, 6) is 0.821. The van der Waals surface area contributed by atoms with Gasteiger partial charge in [0.15, 0.2) is 11.7 Å². The number of hydrogen-bond acceptors (Lipinski definition) is 4. The van der Waals surface area contributed by atoms with Gasteiger partial charge in [0.2, 0.25) is 5.91 Å². The molecule has 0 bridgehead atoms. The number of carbonyl (C=O) groups is 1. The average molecular weight is 373 g/mol. The molecule has 1 saturated carbocycles. The normalized spacial score (nSPS) is 15.2. The SMILES string of the molecule is CN(CCNC(=O)CCc1ncc(-c2ccc(F)cc2)o1)C1CCCCC1. The van der Waals surface area contributed by atoms with E-state index in [0.29, 0.717) is 37.1 Å². The molecule has 0 unspecified atom stereocenters. The van der Waals surface area contributed by atoms with Crippen molar-refractivity contribution >= 4 is 5.91 Å². The van der Waals surface area contributed by atoms with Crippen LogP contribution in [-0.4, -0.2) is 42.0 Å². The van der Waals surface area contributed by atoms with Crippen LogP contribution in [0.1, 0.15) is 44.4 Å². The Morgan fingerprint density at radius 1 is 1.26 bits per heavy atom. The Balaban J connectivity index is 1.37. The fourth-order valence-electron chi connectivity index (χ4n) is 3.56. The molecule has 0 atom stereocenters. The molecular formula is C21H28FN3O2. The maximum atomic E-state index is 13.0. The summed E-state index contributed by atoms with van der Waals surface area (Å²) in [7, 11) is 2.14. The zero-order valence-electron chi connectivity index (χ0n) is 15.9. The Kier molecular flexibility index (Phi) is 6.98. The van der Waals surface area contributed by atoms with E-state index in [1.165, 1.54) is 44.2 Å². The third-order valence-electron chi connectivity index (χ3n) is 5.23. The summed E-state index contributed by atoms with van der Waals surface area (Å²) in [6.07, 6.45) is 8.93. The van der Waals surface area contributed by atoms with E-state index in [1.54, 1.807) is 18.3 Å². The molecule has 0 spiro atoms. The van der Waals surface area contributed by atoms with E-state index in [9.17, 15) is 9.18 Å². The minimum atomic E-state index is -0.288. The predicted molar refractivity (Wildman–Crippen MR) is 103 cm³/mol. The highest BCUT2D eigenvalue weighted by atomic mass is 19.1. The van der Waals surface area contributed by atoms with Crippen LogP contribution in [0.15, 0.2) is 34.9 Å². The molecule has 1 heterocycles. The highest BCUT2D eigenvalue weighted by Crippen LogP contribution is 2.22. The largest absolute Gasteiger partial charge is 0.441 e. The number of aromatic nitrogens is 1. The fraction of sp³-hybridized carbons (Fsp3) is 0.524. The number of carbonyl (C=O) groups excluding carboxylic acids is 1. The average Bonchev–Trinajstić information content (AvgIpc) is 3.16. The predicted octanol–water partition coefficient (Wildman–Crippen LogP) is 3.79. The molecule has 1 aromatic heterocycles. The molecule has 5 nitrogen and oxygen atoms in total. The molecule has 1 aliphatic rings. The Hall–Kier alpha value is -2.21. The summed E-state index contributed by atoms with van der Waals surface area (Å²) in [5.41, 5.74) is 0.769. The van der Waals surface area contributed by atoms with Gasteiger partial charge in [-0.3, -0.25) is 4.79 Å². The number of likely N-dealkylation sites (N-methyl/N-ethyl adjacent to an activating group) is 1. The quantitative estimate of drug-likeness (QED) is 0.765. The number of nitrogens with zero attached hydrogens (tertiary/aromatic N) is 2. The van der Waals surface area contributed by atoms with Crippen molar-refractivity contribution in [2.75, 3.05) is 20.1 Å². The van der Waals surface area contributed by atoms with E-state index in [-0.39, 0.29) is 11.7 Å². The van der Waals surface area contributed by atoms with Gasteiger partial charge in [-0.25, -0.2) is 9.37 Å². The van der Waals surface area contributed by atoms with Crippen LogP contribution in [0.5, 0.6) is 0 Å². The van der Waals surface area contributed by atoms with Crippen LogP contribution in [0.4, 0.5) is 4.39 Å². The molecule has 1 N–H and O–H groups in total. The molecule has 146 valence electrons. The Bertz CT molecular complexity index is 723. The van der Waals surface area contributed by atoms with E-state index in [2.05, 4.69) is 22.2 Å². The van der Waals surface area contributed by atoms with Crippen molar-refractivity contribution in [2.24, 2.45) is 0 Å². The van der Waals surface area contributed by atoms with Gasteiger partial charge in [-0.15, -0.1) is 0 Å². The van der Waals surface area contributed by atoms with Crippen molar-refractivity contribution < 1.29 is 13.6 Å². The molecular weight excluding hydrogens is 345 g/mol. The lowest BCUT2D eigenvalue weighted by Crippen LogP contribution is -2.39. The van der Waals surface area contributed by atoms with Crippen molar-refractivity contribution in [1.82, 2.24) is 15.2 Å². The van der Waals surface area contributed by atoms with Crippen molar-refractivity contribution in [1.29, 1.82) is 0 Å². The lowest BCUT2D eigenvalue weighted by molar-refractivity contribution is -0.121. The maximum absolute atomic E-state index is 13.0. The Labute approximate surface area is 160 Å². The summed E-state index contributed by atoms with van der Waals surface area (Å²) in [4.78, 5) is 18.6. The minimum Gasteiger partial charge on any atom is -0.441 e. The number of benzene rings is 1. The lowest BCUT2D eigenvalue weighted by atomic mass is 9.94. The second kappa shape index (κ2) is 9.65. The van der Waals surface area contributed by atoms with E-state index >= 15 is 0 Å². The van der Waals surface area contributed by atoms with Crippen LogP contribution in [0.3, 0.4) is 0 Å². The topological polar surface area (TPSA) is 58.4 Å². The molecule has 1 fully saturated rings. The van der Waals surface area contributed by atoms with Gasteiger partial charge < -0.3 is 14.6 Å². The zero-order chi connectivity index (χ0) is 19.1. The summed E-state index contributed by atoms with van der Waals surface area (Å²) >= 11 is 0. The van der Waals surface area contributed by atoms with Gasteiger partial charge in [-0.05, 0) is 44.2 Å². The number of nitrogens with one attached hydrogen (secondary N) is 1. The third kappa shape index (κ3) is 5.89. The summed E-state index contributed by atoms with van der Waals surface area (Å²) in [6.45, 7) is 1.54. The minimum absolute atomic E-state index is 0.00794. The van der Waals surface area contributed by atoms with E-state index in [4.69, 9.17) is 4.42 Å². The number of amides is 1. The lowest BCUT2D eigenvalue weighted by Gasteiger charge is -2.31. The number of hydrogen-bond donors (Lipinski definition) is 1. The van der Waals surface area contributed by atoms with Crippen molar-refractivity contribution in [3.63, 3.8) is 0 Å². The van der Waals surface area contributed by atoms with Gasteiger partial charge in [-0.1, -0.05) is 19.3 Å². The zero-order valence-corrected chi connectivity index (χ0v) is 15.9. The second-order valence-corrected chi connectivity index (χ2v) is 7.25. The monoisotopic (exact) mass is 373 g/mol. The standard InChI is InChI=1S/C21H28FN3O2/c1-25(18-5-3-2-4-6-18)14-13-23-20(26)11-12-21-24-15-19(27-21)16-7-9-17(22)10-8-16/h7-10,15,18H,2-6,11-14H2,1H3,(H,23,26). The molecule has 0 aliphatic heterocycles. The van der Waals surface area contributed by atoms with E-state index in [0.717, 1.165) is 12.1 Å². The van der Waals surface area contributed by atoms with Crippen LogP contribution in [-0.2, 0) is 11.2 Å². The molecule has 2 aromatic rings. The molecule has 0 saturated heterocycles. The van der Waals surface area contributed by atoms with Gasteiger partial charge >= 0.3 is 0 Å². The first kappa shape index (κ1) is 19.5. The highest BCUT2D eigenvalue weighted by molar-refractivity contribution is 5.76. The third-order valence-corrected chi connectivity index (χ3v) is 5.23. The van der Waals surface area contributed by atoms with Gasteiger partial charge in [0.1, 0.15) is 5.82 Å². The summed E-state index contributed by atoms with van der Waals surface area (Å²) < 4.78 is 18.6. The van der Waals surface area contributed by atoms with Gasteiger partial charge in [0.25, 0.3) is 0 Å². The molecule has 1 aliphatic carbocycles. The molecule has 3 rings (SSSR count). The number of oxazole rings is 1. The van der Waals surface area contributed by atoms with Crippen molar-refractivity contribution in [3.05, 3.63) is 42.2 Å². The van der Waals surface area contributed by atoms with Crippen LogP contribution in [0, 0.1) is 5.82 Å². The molecule has 27 heavy (non-hydrogen) atoms. The van der Waals surface area contributed by atoms with Gasteiger partial charge in [0.05, 0.1) is 6.20 Å². The van der Waals surface area contributed by atoms with E-state index in [1.807, 2.05) is 0 Å². The first-order valence-electron chi connectivity index (χ1n) is 9.79. The first-order valence-corrected chi connectivity index (χ1v) is 9.79. The molecule has 1 amide bonds. The Morgan fingerprint density at radius 2 is 2.00 bits per heavy atom. The first-order chi connectivity index (χ1) is 13.1. The molecule has 1 aromatic carbocycles. The maximum Gasteiger partial charge on any atom is 0.220 e. The molecule has 6 heteroatoms. The number of rotatable bonds is 8. The summed E-state index contributed by atoms with van der Waals surface area (Å²) in [6, 6.07) is 6.72. The van der Waals surface area contributed by atoms with Crippen molar-refractivity contribution in [3.8, 4) is 11.3 Å². The fourth-order valence-corrected chi connectivity index (χ4v) is 3.56. The van der Waals surface area contributed by atoms with Crippen molar-refractivity contribution in [2.45, 2.75) is 51.0 Å². The van der Waals surface area contributed by atoms with Crippen LogP contribution < -0.4 is 5.32 Å².